The molecule has 12 heteroatoms. The molecule has 0 unspecified atom stereocenters. The first-order chi connectivity index (χ1) is 20.5. The van der Waals surface area contributed by atoms with Crippen molar-refractivity contribution in [3.8, 4) is 0 Å². The number of halogens is 1. The van der Waals surface area contributed by atoms with Gasteiger partial charge in [-0.15, -0.1) is 11.3 Å². The smallest absolute Gasteiger partial charge is 0.255 e. The molecular weight excluding hydrogens is 569 g/mol. The van der Waals surface area contributed by atoms with Crippen LogP contribution in [0.25, 0.3) is 10.2 Å². The number of anilines is 3. The predicted octanol–water partition coefficient (Wildman–Crippen LogP) is 4.97. The second-order valence-electron chi connectivity index (χ2n) is 12.2. The number of rotatable bonds is 10. The van der Waals surface area contributed by atoms with Crippen LogP contribution >= 0.6 is 11.3 Å². The molecule has 0 aliphatic heterocycles. The zero-order chi connectivity index (χ0) is 30.2. The summed E-state index contributed by atoms with van der Waals surface area (Å²) in [6.07, 6.45) is 6.93. The summed E-state index contributed by atoms with van der Waals surface area (Å²) >= 11 is 1.54. The average molecular weight is 604 g/mol. The van der Waals surface area contributed by atoms with E-state index in [9.17, 15) is 19.1 Å². The van der Waals surface area contributed by atoms with E-state index in [-0.39, 0.29) is 29.1 Å². The van der Waals surface area contributed by atoms with E-state index in [0.717, 1.165) is 41.6 Å². The highest BCUT2D eigenvalue weighted by atomic mass is 32.1. The van der Waals surface area contributed by atoms with Crippen LogP contribution < -0.4 is 21.3 Å². The summed E-state index contributed by atoms with van der Waals surface area (Å²) in [7, 11) is 0. The summed E-state index contributed by atoms with van der Waals surface area (Å²) in [5, 5.41) is 22.8. The number of amides is 2. The maximum atomic E-state index is 14.5. The normalized spacial score (nSPS) is 21.9. The van der Waals surface area contributed by atoms with Crippen LogP contribution in [-0.4, -0.2) is 61.3 Å². The Bertz CT molecular complexity index is 1650. The monoisotopic (exact) mass is 603 g/mol. The van der Waals surface area contributed by atoms with E-state index in [0.29, 0.717) is 23.5 Å². The van der Waals surface area contributed by atoms with E-state index in [1.165, 1.54) is 20.0 Å². The summed E-state index contributed by atoms with van der Waals surface area (Å²) in [5.41, 5.74) is 2.60. The minimum atomic E-state index is -1.64. The summed E-state index contributed by atoms with van der Waals surface area (Å²) in [5.74, 6) is -0.110. The molecule has 6 rings (SSSR count). The van der Waals surface area contributed by atoms with Crippen LogP contribution in [0, 0.1) is 0 Å². The lowest BCUT2D eigenvalue weighted by Gasteiger charge is -2.30. The molecule has 2 aliphatic carbocycles. The van der Waals surface area contributed by atoms with Gasteiger partial charge in [0.1, 0.15) is 12.0 Å². The number of aliphatic hydroxyl groups is 1. The zero-order valence-electron chi connectivity index (χ0n) is 24.0. The molecule has 1 atom stereocenters. The third-order valence-corrected chi connectivity index (χ3v) is 9.30. The predicted molar refractivity (Wildman–Crippen MR) is 165 cm³/mol. The van der Waals surface area contributed by atoms with Crippen molar-refractivity contribution in [2.75, 3.05) is 17.2 Å². The van der Waals surface area contributed by atoms with Crippen LogP contribution in [0.15, 0.2) is 60.5 Å². The Morgan fingerprint density at radius 2 is 1.86 bits per heavy atom. The highest BCUT2D eigenvalue weighted by molar-refractivity contribution is 7.16. The number of pyridine rings is 2. The molecule has 2 bridgehead atoms. The molecule has 2 aliphatic rings. The first kappa shape index (κ1) is 28.9. The number of carbonyl (C=O) groups is 2. The Balaban J connectivity index is 1.24. The van der Waals surface area contributed by atoms with Crippen molar-refractivity contribution in [2.45, 2.75) is 68.8 Å². The molecule has 1 aromatic carbocycles. The standard InChI is InChI=1S/C31H34FN7O3S/c1-29(2,42)25(32)16-35-28(41)21-15-34-26(37-20-5-6-22-24(12-20)43-18-36-22)13-23(21)38-30-7-9-31(17-30,10-8-30)39-27(40)19-4-3-11-33-14-19/h3-6,11-15,18,25,42H,7-10,16-17H2,1-2H3,(H,35,41)(H,39,40)(H2,34,37,38)/t25-,30?,31?/m1/s1. The molecule has 0 radical (unpaired) electrons. The average Bonchev–Trinajstić information content (AvgIpc) is 3.69. The number of alkyl halides is 1. The number of hydrogen-bond acceptors (Lipinski definition) is 9. The fourth-order valence-corrected chi connectivity index (χ4v) is 6.77. The van der Waals surface area contributed by atoms with Crippen molar-refractivity contribution in [2.24, 2.45) is 0 Å². The van der Waals surface area contributed by atoms with Crippen molar-refractivity contribution in [1.29, 1.82) is 0 Å². The molecule has 0 saturated heterocycles. The molecular formula is C31H34FN7O3S. The summed E-state index contributed by atoms with van der Waals surface area (Å²) in [6.45, 7) is 2.38. The highest BCUT2D eigenvalue weighted by Crippen LogP contribution is 2.52. The second-order valence-corrected chi connectivity index (χ2v) is 13.1. The Kier molecular flexibility index (Phi) is 7.51. The fourth-order valence-electron chi connectivity index (χ4n) is 6.06. The van der Waals surface area contributed by atoms with E-state index < -0.39 is 17.7 Å². The van der Waals surface area contributed by atoms with Crippen LogP contribution in [0.4, 0.5) is 21.6 Å². The van der Waals surface area contributed by atoms with Gasteiger partial charge in [-0.25, -0.2) is 14.4 Å². The third-order valence-electron chi connectivity index (χ3n) is 8.50. The number of hydrogen-bond donors (Lipinski definition) is 5. The Hall–Kier alpha value is -4.16. The van der Waals surface area contributed by atoms with Crippen LogP contribution in [0.1, 0.15) is 66.7 Å². The SMILES string of the molecule is CC(C)(O)[C@H](F)CNC(=O)c1cnc(Nc2ccc3ncsc3c2)cc1NC12CCC(NC(=O)c3cccnc3)(CC1)C2. The van der Waals surface area contributed by atoms with Gasteiger partial charge in [0.25, 0.3) is 11.8 Å². The molecule has 224 valence electrons. The van der Waals surface area contributed by atoms with Crippen molar-refractivity contribution in [3.05, 3.63) is 71.6 Å². The number of aromatic nitrogens is 3. The van der Waals surface area contributed by atoms with Gasteiger partial charge < -0.3 is 26.4 Å². The van der Waals surface area contributed by atoms with Crippen molar-refractivity contribution in [1.82, 2.24) is 25.6 Å². The van der Waals surface area contributed by atoms with Crippen LogP contribution in [0.3, 0.4) is 0 Å². The topological polar surface area (TPSA) is 141 Å². The maximum Gasteiger partial charge on any atom is 0.255 e. The van der Waals surface area contributed by atoms with Crippen molar-refractivity contribution >= 4 is 50.6 Å². The highest BCUT2D eigenvalue weighted by Gasteiger charge is 2.55. The fraction of sp³-hybridized carbons (Fsp3) is 0.387. The van der Waals surface area contributed by atoms with Crippen LogP contribution in [0.2, 0.25) is 0 Å². The van der Waals surface area contributed by atoms with Crippen molar-refractivity contribution in [3.63, 3.8) is 0 Å². The van der Waals surface area contributed by atoms with E-state index in [1.807, 2.05) is 18.2 Å². The lowest BCUT2D eigenvalue weighted by atomic mass is 9.90. The molecule has 2 fully saturated rings. The molecule has 10 nitrogen and oxygen atoms in total. The molecule has 2 saturated carbocycles. The number of nitrogens with zero attached hydrogens (tertiary/aromatic N) is 3. The Morgan fingerprint density at radius 3 is 2.60 bits per heavy atom. The quantitative estimate of drug-likeness (QED) is 0.171. The summed E-state index contributed by atoms with van der Waals surface area (Å²) in [4.78, 5) is 39.1. The van der Waals surface area contributed by atoms with Gasteiger partial charge in [-0.05, 0) is 76.3 Å². The molecule has 2 amide bonds. The van der Waals surface area contributed by atoms with Gasteiger partial charge >= 0.3 is 0 Å². The molecule has 3 aromatic heterocycles. The molecule has 0 spiro atoms. The third kappa shape index (κ3) is 6.16. The molecule has 4 aromatic rings. The first-order valence-electron chi connectivity index (χ1n) is 14.3. The van der Waals surface area contributed by atoms with E-state index >= 15 is 0 Å². The number of nitrogens with one attached hydrogen (secondary N) is 4. The summed E-state index contributed by atoms with van der Waals surface area (Å²) < 4.78 is 15.5. The lowest BCUT2D eigenvalue weighted by molar-refractivity contribution is -0.00178. The molecule has 43 heavy (non-hydrogen) atoms. The van der Waals surface area contributed by atoms with Crippen molar-refractivity contribution < 1.29 is 19.1 Å². The number of carbonyl (C=O) groups excluding carboxylic acids is 2. The first-order valence-corrected chi connectivity index (χ1v) is 15.2. The van der Waals surface area contributed by atoms with Gasteiger partial charge in [0.2, 0.25) is 0 Å². The Labute approximate surface area is 252 Å². The Morgan fingerprint density at radius 1 is 1.07 bits per heavy atom. The van der Waals surface area contributed by atoms with Gasteiger partial charge in [0.05, 0.1) is 44.7 Å². The van der Waals surface area contributed by atoms with Crippen LogP contribution in [0.5, 0.6) is 0 Å². The zero-order valence-corrected chi connectivity index (χ0v) is 24.8. The largest absolute Gasteiger partial charge is 0.387 e. The molecule has 3 heterocycles. The second kappa shape index (κ2) is 11.2. The van der Waals surface area contributed by atoms with Crippen LogP contribution in [-0.2, 0) is 0 Å². The lowest BCUT2D eigenvalue weighted by Crippen LogP contribution is -2.45. The van der Waals surface area contributed by atoms with Gasteiger partial charge in [-0.1, -0.05) is 0 Å². The van der Waals surface area contributed by atoms with E-state index in [2.05, 4.69) is 36.2 Å². The van der Waals surface area contributed by atoms with E-state index in [4.69, 9.17) is 0 Å². The van der Waals surface area contributed by atoms with Gasteiger partial charge in [0, 0.05) is 41.4 Å². The molecule has 5 N–H and O–H groups in total. The van der Waals surface area contributed by atoms with Gasteiger partial charge in [-0.2, -0.15) is 0 Å². The van der Waals surface area contributed by atoms with E-state index in [1.54, 1.807) is 47.4 Å². The number of benzene rings is 1. The summed E-state index contributed by atoms with van der Waals surface area (Å²) in [6, 6.07) is 11.1. The number of fused-ring (bicyclic) bond motifs is 3. The number of thiazole rings is 1. The van der Waals surface area contributed by atoms with Gasteiger partial charge in [-0.3, -0.25) is 14.6 Å². The van der Waals surface area contributed by atoms with Gasteiger partial charge in [0.15, 0.2) is 0 Å². The maximum absolute atomic E-state index is 14.5. The minimum absolute atomic E-state index is 0.147. The minimum Gasteiger partial charge on any atom is -0.387 e.